The van der Waals surface area contributed by atoms with Crippen molar-refractivity contribution in [3.63, 3.8) is 0 Å². The Labute approximate surface area is 173 Å². The number of nitrogens with two attached hydrogens (primary N) is 2. The normalized spacial score (nSPS) is 30.7. The molecule has 6 atom stereocenters. The van der Waals surface area contributed by atoms with Crippen molar-refractivity contribution in [1.82, 2.24) is 15.0 Å². The standard InChI is InChI=1S/C10H14N2O3.C9H13N3O3/c11-10-2-1-6(4-12-10)8-3-7(14)9(5-13)15-8;10-9-11-2-5(3-12-9)7-1-6(14)8(4-13)15-7/h1-2,4,7-9,13-14H,3,5H2,(H2,11,12);2-3,6-8,13-14H,1,4H2,(H2,10,11,12)/t7-,8-,9-;6-,7-,8-/m11/s1. The second-order valence-electron chi connectivity index (χ2n) is 7.19. The third-order valence-electron chi connectivity index (χ3n) is 5.05. The van der Waals surface area contributed by atoms with Gasteiger partial charge in [-0.15, -0.1) is 0 Å². The van der Waals surface area contributed by atoms with Gasteiger partial charge in [-0.25, -0.2) is 15.0 Å². The number of anilines is 2. The van der Waals surface area contributed by atoms with Crippen LogP contribution in [0.15, 0.2) is 30.7 Å². The lowest BCUT2D eigenvalue weighted by molar-refractivity contribution is -0.0227. The Morgan fingerprint density at radius 2 is 1.30 bits per heavy atom. The Morgan fingerprint density at radius 1 is 0.800 bits per heavy atom. The van der Waals surface area contributed by atoms with Gasteiger partial charge in [0.05, 0.1) is 37.6 Å². The van der Waals surface area contributed by atoms with E-state index in [-0.39, 0.29) is 31.4 Å². The van der Waals surface area contributed by atoms with Crippen LogP contribution < -0.4 is 11.5 Å². The molecule has 2 aliphatic rings. The average molecular weight is 421 g/mol. The molecule has 0 radical (unpaired) electrons. The fourth-order valence-corrected chi connectivity index (χ4v) is 3.34. The first-order valence-electron chi connectivity index (χ1n) is 9.58. The third kappa shape index (κ3) is 5.39. The maximum absolute atomic E-state index is 9.55. The van der Waals surface area contributed by atoms with Gasteiger partial charge in [0.25, 0.3) is 0 Å². The van der Waals surface area contributed by atoms with Crippen molar-refractivity contribution in [3.8, 4) is 0 Å². The molecular weight excluding hydrogens is 394 g/mol. The van der Waals surface area contributed by atoms with Crippen LogP contribution in [0.5, 0.6) is 0 Å². The summed E-state index contributed by atoms with van der Waals surface area (Å²) in [7, 11) is 0. The first kappa shape index (κ1) is 22.3. The summed E-state index contributed by atoms with van der Waals surface area (Å²) in [5, 5.41) is 36.9. The topological polar surface area (TPSA) is 190 Å². The predicted molar refractivity (Wildman–Crippen MR) is 106 cm³/mol. The molecule has 0 unspecified atom stereocenters. The molecule has 11 nitrogen and oxygen atoms in total. The average Bonchev–Trinajstić information content (AvgIpc) is 3.31. The van der Waals surface area contributed by atoms with Crippen LogP contribution >= 0.6 is 0 Å². The summed E-state index contributed by atoms with van der Waals surface area (Å²) in [6.45, 7) is -0.354. The summed E-state index contributed by atoms with van der Waals surface area (Å²) >= 11 is 0. The van der Waals surface area contributed by atoms with Gasteiger partial charge in [0.1, 0.15) is 18.0 Å². The van der Waals surface area contributed by atoms with Crippen LogP contribution in [0.2, 0.25) is 0 Å². The van der Waals surface area contributed by atoms with Crippen LogP contribution in [0.4, 0.5) is 11.8 Å². The number of nitrogen functional groups attached to an aromatic ring is 2. The Morgan fingerprint density at radius 3 is 1.73 bits per heavy atom. The van der Waals surface area contributed by atoms with Gasteiger partial charge < -0.3 is 41.4 Å². The Balaban J connectivity index is 0.000000171. The molecule has 8 N–H and O–H groups in total. The SMILES string of the molecule is Nc1ccc([C@H]2C[C@@H](O)[C@@H](CO)O2)cn1.Nc1ncc([C@H]2C[C@@H](O)[C@@H](CO)O2)cn1. The van der Waals surface area contributed by atoms with Gasteiger partial charge in [-0.2, -0.15) is 0 Å². The molecule has 0 bridgehead atoms. The maximum atomic E-state index is 9.55. The summed E-state index contributed by atoms with van der Waals surface area (Å²) in [4.78, 5) is 11.6. The quantitative estimate of drug-likeness (QED) is 0.358. The zero-order chi connectivity index (χ0) is 21.7. The summed E-state index contributed by atoms with van der Waals surface area (Å²) in [5.74, 6) is 0.659. The number of hydrogen-bond donors (Lipinski definition) is 6. The van der Waals surface area contributed by atoms with E-state index < -0.39 is 24.4 Å². The fraction of sp³-hybridized carbons (Fsp3) is 0.526. The lowest BCUT2D eigenvalue weighted by atomic mass is 10.1. The molecule has 0 aliphatic carbocycles. The van der Waals surface area contributed by atoms with Crippen molar-refractivity contribution < 1.29 is 29.9 Å². The predicted octanol–water partition coefficient (Wildman–Crippen LogP) is -0.911. The number of ether oxygens (including phenoxy) is 2. The number of aliphatic hydroxyl groups excluding tert-OH is 4. The van der Waals surface area contributed by atoms with Crippen molar-refractivity contribution in [2.24, 2.45) is 0 Å². The van der Waals surface area contributed by atoms with Gasteiger partial charge >= 0.3 is 0 Å². The van der Waals surface area contributed by atoms with E-state index in [2.05, 4.69) is 15.0 Å². The van der Waals surface area contributed by atoms with E-state index in [0.29, 0.717) is 18.7 Å². The molecule has 11 heteroatoms. The van der Waals surface area contributed by atoms with E-state index in [4.69, 9.17) is 31.2 Å². The molecule has 0 saturated carbocycles. The van der Waals surface area contributed by atoms with Crippen molar-refractivity contribution in [2.75, 3.05) is 24.7 Å². The second kappa shape index (κ2) is 10.1. The van der Waals surface area contributed by atoms with Gasteiger partial charge in [-0.3, -0.25) is 0 Å². The molecule has 0 spiro atoms. The molecule has 2 saturated heterocycles. The van der Waals surface area contributed by atoms with Gasteiger partial charge in [-0.1, -0.05) is 6.07 Å². The van der Waals surface area contributed by atoms with Crippen LogP contribution in [0.25, 0.3) is 0 Å². The van der Waals surface area contributed by atoms with Crippen molar-refractivity contribution in [1.29, 1.82) is 0 Å². The molecule has 0 aromatic carbocycles. The first-order valence-corrected chi connectivity index (χ1v) is 9.58. The zero-order valence-corrected chi connectivity index (χ0v) is 16.3. The van der Waals surface area contributed by atoms with Crippen LogP contribution in [0, 0.1) is 0 Å². The molecule has 2 aromatic rings. The monoisotopic (exact) mass is 421 g/mol. The van der Waals surface area contributed by atoms with Gasteiger partial charge in [0, 0.05) is 37.0 Å². The highest BCUT2D eigenvalue weighted by Gasteiger charge is 2.35. The highest BCUT2D eigenvalue weighted by molar-refractivity contribution is 5.30. The van der Waals surface area contributed by atoms with Crippen molar-refractivity contribution >= 4 is 11.8 Å². The summed E-state index contributed by atoms with van der Waals surface area (Å²) in [6.07, 6.45) is 2.96. The van der Waals surface area contributed by atoms with E-state index in [9.17, 15) is 10.2 Å². The minimum Gasteiger partial charge on any atom is -0.394 e. The van der Waals surface area contributed by atoms with Gasteiger partial charge in [0.2, 0.25) is 5.95 Å². The van der Waals surface area contributed by atoms with E-state index >= 15 is 0 Å². The van der Waals surface area contributed by atoms with E-state index in [0.717, 1.165) is 11.1 Å². The van der Waals surface area contributed by atoms with Crippen LogP contribution in [-0.2, 0) is 9.47 Å². The first-order chi connectivity index (χ1) is 14.4. The number of nitrogens with zero attached hydrogens (tertiary/aromatic N) is 3. The number of aromatic nitrogens is 3. The maximum Gasteiger partial charge on any atom is 0.219 e. The number of hydrogen-bond acceptors (Lipinski definition) is 11. The molecule has 2 fully saturated rings. The van der Waals surface area contributed by atoms with Crippen LogP contribution in [-0.4, -0.2) is 73.0 Å². The minimum absolute atomic E-state index is 0.167. The molecule has 0 amide bonds. The molecule has 4 rings (SSSR count). The van der Waals surface area contributed by atoms with Gasteiger partial charge in [0.15, 0.2) is 0 Å². The minimum atomic E-state index is -0.641. The highest BCUT2D eigenvalue weighted by Crippen LogP contribution is 2.33. The Hall–Kier alpha value is -2.41. The molecule has 2 aromatic heterocycles. The van der Waals surface area contributed by atoms with E-state index in [1.807, 2.05) is 6.07 Å². The summed E-state index contributed by atoms with van der Waals surface area (Å²) in [5.41, 5.74) is 12.5. The summed E-state index contributed by atoms with van der Waals surface area (Å²) in [6, 6.07) is 3.51. The zero-order valence-electron chi connectivity index (χ0n) is 16.3. The lowest BCUT2D eigenvalue weighted by Gasteiger charge is -2.11. The molecule has 164 valence electrons. The highest BCUT2D eigenvalue weighted by atomic mass is 16.5. The molecule has 30 heavy (non-hydrogen) atoms. The fourth-order valence-electron chi connectivity index (χ4n) is 3.34. The molecular formula is C19H27N5O6. The van der Waals surface area contributed by atoms with E-state index in [1.165, 1.54) is 0 Å². The third-order valence-corrected chi connectivity index (χ3v) is 5.05. The number of rotatable bonds is 4. The second-order valence-corrected chi connectivity index (χ2v) is 7.19. The molecule has 2 aliphatic heterocycles. The lowest BCUT2D eigenvalue weighted by Crippen LogP contribution is -2.24. The molecule has 4 heterocycles. The van der Waals surface area contributed by atoms with Gasteiger partial charge in [-0.05, 0) is 11.6 Å². The van der Waals surface area contributed by atoms with Crippen molar-refractivity contribution in [2.45, 2.75) is 49.5 Å². The number of aliphatic hydroxyl groups is 4. The largest absolute Gasteiger partial charge is 0.394 e. The Bertz CT molecular complexity index is 726. The summed E-state index contributed by atoms with van der Waals surface area (Å²) < 4.78 is 10.9. The number of pyridine rings is 1. The van der Waals surface area contributed by atoms with Crippen LogP contribution in [0.3, 0.4) is 0 Å². The van der Waals surface area contributed by atoms with E-state index in [1.54, 1.807) is 24.7 Å². The van der Waals surface area contributed by atoms with Crippen molar-refractivity contribution in [3.05, 3.63) is 41.9 Å². The van der Waals surface area contributed by atoms with Crippen LogP contribution in [0.1, 0.15) is 36.2 Å². The Kier molecular flexibility index (Phi) is 7.48. The smallest absolute Gasteiger partial charge is 0.219 e.